The van der Waals surface area contributed by atoms with E-state index in [-0.39, 0.29) is 5.56 Å². The maximum Gasteiger partial charge on any atom is 0.255 e. The Morgan fingerprint density at radius 2 is 1.33 bits per heavy atom. The van der Waals surface area contributed by atoms with E-state index in [1.807, 2.05) is 30.3 Å². The molecular formula is C19H13F2NO2. The van der Waals surface area contributed by atoms with Crippen molar-refractivity contribution >= 4 is 11.6 Å². The lowest BCUT2D eigenvalue weighted by atomic mass is 10.2. The number of ether oxygens (including phenoxy) is 1. The van der Waals surface area contributed by atoms with Gasteiger partial charge in [-0.3, -0.25) is 4.79 Å². The number of nitrogens with one attached hydrogen (secondary N) is 1. The number of hydrogen-bond acceptors (Lipinski definition) is 2. The zero-order chi connectivity index (χ0) is 16.9. The van der Waals surface area contributed by atoms with E-state index in [1.54, 1.807) is 12.1 Å². The molecule has 120 valence electrons. The van der Waals surface area contributed by atoms with Crippen molar-refractivity contribution in [2.45, 2.75) is 0 Å². The Labute approximate surface area is 137 Å². The van der Waals surface area contributed by atoms with Crippen LogP contribution in [0.2, 0.25) is 0 Å². The summed E-state index contributed by atoms with van der Waals surface area (Å²) in [6.45, 7) is 0. The summed E-state index contributed by atoms with van der Waals surface area (Å²) in [4.78, 5) is 12.1. The minimum atomic E-state index is -0.826. The number of halogens is 2. The third-order valence-electron chi connectivity index (χ3n) is 3.30. The molecule has 1 N–H and O–H groups in total. The Morgan fingerprint density at radius 3 is 1.96 bits per heavy atom. The lowest BCUT2D eigenvalue weighted by Gasteiger charge is -2.09. The van der Waals surface area contributed by atoms with Crippen LogP contribution in [0, 0.1) is 11.6 Å². The van der Waals surface area contributed by atoms with Crippen molar-refractivity contribution in [3.8, 4) is 11.5 Å². The molecule has 0 atom stereocenters. The fourth-order valence-electron chi connectivity index (χ4n) is 2.10. The number of anilines is 1. The maximum atomic E-state index is 13.6. The highest BCUT2D eigenvalue weighted by Crippen LogP contribution is 2.22. The largest absolute Gasteiger partial charge is 0.457 e. The van der Waals surface area contributed by atoms with Crippen LogP contribution in [0.4, 0.5) is 14.5 Å². The Morgan fingerprint density at radius 1 is 0.750 bits per heavy atom. The van der Waals surface area contributed by atoms with Crippen LogP contribution in [0.25, 0.3) is 0 Å². The van der Waals surface area contributed by atoms with E-state index in [0.29, 0.717) is 11.5 Å². The van der Waals surface area contributed by atoms with Gasteiger partial charge in [0.05, 0.1) is 0 Å². The number of amides is 1. The molecule has 0 unspecified atom stereocenters. The Hall–Kier alpha value is -3.21. The Kier molecular flexibility index (Phi) is 4.52. The van der Waals surface area contributed by atoms with Crippen molar-refractivity contribution in [1.29, 1.82) is 0 Å². The molecule has 0 aromatic heterocycles. The molecule has 0 bridgehead atoms. The normalized spacial score (nSPS) is 10.2. The highest BCUT2D eigenvalue weighted by atomic mass is 19.1. The van der Waals surface area contributed by atoms with Gasteiger partial charge in [0.25, 0.3) is 5.91 Å². The summed E-state index contributed by atoms with van der Waals surface area (Å²) in [5.74, 6) is -1.04. The second kappa shape index (κ2) is 6.91. The molecule has 0 aliphatic carbocycles. The van der Waals surface area contributed by atoms with Crippen LogP contribution < -0.4 is 10.1 Å². The first-order chi connectivity index (χ1) is 11.6. The van der Waals surface area contributed by atoms with Crippen LogP contribution in [-0.4, -0.2) is 5.91 Å². The smallest absolute Gasteiger partial charge is 0.255 e. The molecule has 0 aliphatic rings. The first kappa shape index (κ1) is 15.7. The molecule has 3 aromatic carbocycles. The highest BCUT2D eigenvalue weighted by Gasteiger charge is 2.13. The van der Waals surface area contributed by atoms with Crippen molar-refractivity contribution in [2.24, 2.45) is 0 Å². The summed E-state index contributed by atoms with van der Waals surface area (Å²) in [5, 5.41) is 2.23. The third-order valence-corrected chi connectivity index (χ3v) is 3.30. The molecule has 0 aliphatic heterocycles. The van der Waals surface area contributed by atoms with E-state index in [2.05, 4.69) is 5.32 Å². The molecule has 0 heterocycles. The van der Waals surface area contributed by atoms with Crippen LogP contribution in [-0.2, 0) is 0 Å². The van der Waals surface area contributed by atoms with Gasteiger partial charge in [0, 0.05) is 5.56 Å². The predicted molar refractivity (Wildman–Crippen MR) is 87.3 cm³/mol. The summed E-state index contributed by atoms with van der Waals surface area (Å²) in [5.41, 5.74) is -0.204. The lowest BCUT2D eigenvalue weighted by molar-refractivity contribution is 0.102. The highest BCUT2D eigenvalue weighted by molar-refractivity contribution is 6.04. The van der Waals surface area contributed by atoms with E-state index >= 15 is 0 Å². The first-order valence-corrected chi connectivity index (χ1v) is 7.22. The number of rotatable bonds is 4. The van der Waals surface area contributed by atoms with Crippen LogP contribution in [0.1, 0.15) is 10.4 Å². The van der Waals surface area contributed by atoms with E-state index in [9.17, 15) is 13.6 Å². The average Bonchev–Trinajstić information content (AvgIpc) is 2.60. The minimum absolute atomic E-state index is 0.262. The first-order valence-electron chi connectivity index (χ1n) is 7.22. The third kappa shape index (κ3) is 3.57. The van der Waals surface area contributed by atoms with Crippen LogP contribution in [0.3, 0.4) is 0 Å². The van der Waals surface area contributed by atoms with Gasteiger partial charge in [-0.15, -0.1) is 0 Å². The fraction of sp³-hybridized carbons (Fsp3) is 0. The maximum absolute atomic E-state index is 13.6. The van der Waals surface area contributed by atoms with Gasteiger partial charge in [0.2, 0.25) is 0 Å². The summed E-state index contributed by atoms with van der Waals surface area (Å²) in [6.07, 6.45) is 0. The van der Waals surface area contributed by atoms with Gasteiger partial charge in [0.15, 0.2) is 0 Å². The number of carbonyl (C=O) groups excluding carboxylic acids is 1. The van der Waals surface area contributed by atoms with Gasteiger partial charge in [-0.1, -0.05) is 24.3 Å². The van der Waals surface area contributed by atoms with Gasteiger partial charge in [-0.05, 0) is 48.5 Å². The van der Waals surface area contributed by atoms with E-state index in [4.69, 9.17) is 4.74 Å². The molecule has 0 saturated heterocycles. The van der Waals surface area contributed by atoms with Crippen molar-refractivity contribution in [1.82, 2.24) is 0 Å². The average molecular weight is 325 g/mol. The van der Waals surface area contributed by atoms with Crippen LogP contribution >= 0.6 is 0 Å². The summed E-state index contributed by atoms with van der Waals surface area (Å²) < 4.78 is 32.7. The van der Waals surface area contributed by atoms with Gasteiger partial charge in [0.1, 0.15) is 28.8 Å². The van der Waals surface area contributed by atoms with Crippen molar-refractivity contribution in [3.63, 3.8) is 0 Å². The van der Waals surface area contributed by atoms with Gasteiger partial charge < -0.3 is 10.1 Å². The topological polar surface area (TPSA) is 38.3 Å². The van der Waals surface area contributed by atoms with E-state index < -0.39 is 23.2 Å². The molecule has 3 nitrogen and oxygen atoms in total. The number of para-hydroxylation sites is 2. The second-order valence-corrected chi connectivity index (χ2v) is 4.99. The molecule has 3 rings (SSSR count). The molecule has 3 aromatic rings. The Bertz CT molecular complexity index is 829. The molecule has 1 amide bonds. The zero-order valence-electron chi connectivity index (χ0n) is 12.5. The van der Waals surface area contributed by atoms with E-state index in [1.165, 1.54) is 18.2 Å². The molecular weight excluding hydrogens is 312 g/mol. The summed E-state index contributed by atoms with van der Waals surface area (Å²) in [7, 11) is 0. The summed E-state index contributed by atoms with van der Waals surface area (Å²) >= 11 is 0. The molecule has 0 spiro atoms. The Balaban J connectivity index is 1.72. The number of benzene rings is 3. The van der Waals surface area contributed by atoms with Crippen molar-refractivity contribution in [3.05, 3.63) is 90.0 Å². The minimum Gasteiger partial charge on any atom is -0.457 e. The monoisotopic (exact) mass is 325 g/mol. The van der Waals surface area contributed by atoms with Gasteiger partial charge >= 0.3 is 0 Å². The molecule has 0 radical (unpaired) electrons. The quantitative estimate of drug-likeness (QED) is 0.732. The van der Waals surface area contributed by atoms with Crippen molar-refractivity contribution in [2.75, 3.05) is 5.32 Å². The molecule has 5 heteroatoms. The molecule has 0 fully saturated rings. The standard InChI is InChI=1S/C19H13F2NO2/c20-16-7-4-8-17(21)18(16)22-19(23)13-9-11-15(12-10-13)24-14-5-2-1-3-6-14/h1-12H,(H,22,23). The SMILES string of the molecule is O=C(Nc1c(F)cccc1F)c1ccc(Oc2ccccc2)cc1. The van der Waals surface area contributed by atoms with E-state index in [0.717, 1.165) is 12.1 Å². The fourth-order valence-corrected chi connectivity index (χ4v) is 2.10. The van der Waals surface area contributed by atoms with Gasteiger partial charge in [-0.25, -0.2) is 8.78 Å². The lowest BCUT2D eigenvalue weighted by Crippen LogP contribution is -2.14. The van der Waals surface area contributed by atoms with Gasteiger partial charge in [-0.2, -0.15) is 0 Å². The van der Waals surface area contributed by atoms with Crippen LogP contribution in [0.5, 0.6) is 11.5 Å². The zero-order valence-corrected chi connectivity index (χ0v) is 12.5. The predicted octanol–water partition coefficient (Wildman–Crippen LogP) is 5.01. The van der Waals surface area contributed by atoms with Crippen molar-refractivity contribution < 1.29 is 18.3 Å². The second-order valence-electron chi connectivity index (χ2n) is 4.99. The number of carbonyl (C=O) groups is 1. The molecule has 24 heavy (non-hydrogen) atoms. The number of hydrogen-bond donors (Lipinski definition) is 1. The van der Waals surface area contributed by atoms with Crippen LogP contribution in [0.15, 0.2) is 72.8 Å². The molecule has 0 saturated carbocycles. The summed E-state index contributed by atoms with van der Waals surface area (Å²) in [6, 6.07) is 18.8.